The number of sulfonamides is 1. The van der Waals surface area contributed by atoms with Crippen LogP contribution in [0, 0.1) is 0 Å². The maximum absolute atomic E-state index is 12.7. The van der Waals surface area contributed by atoms with Gasteiger partial charge in [-0.05, 0) is 19.1 Å². The number of rotatable bonds is 4. The number of carbonyl (C=O) groups excluding carboxylic acids is 1. The molecule has 1 N–H and O–H groups in total. The summed E-state index contributed by atoms with van der Waals surface area (Å²) in [6.07, 6.45) is 0.793. The Kier molecular flexibility index (Phi) is 5.06. The molecule has 0 aromatic heterocycles. The third-order valence-electron chi connectivity index (χ3n) is 3.89. The van der Waals surface area contributed by atoms with E-state index in [0.29, 0.717) is 5.56 Å². The molecule has 1 amide bonds. The van der Waals surface area contributed by atoms with E-state index in [1.807, 2.05) is 0 Å². The van der Waals surface area contributed by atoms with E-state index in [-0.39, 0.29) is 25.4 Å². The zero-order valence-electron chi connectivity index (χ0n) is 13.0. The van der Waals surface area contributed by atoms with Gasteiger partial charge in [-0.3, -0.25) is 9.59 Å². The third-order valence-corrected chi connectivity index (χ3v) is 5.12. The Bertz CT molecular complexity index is 689. The Morgan fingerprint density at radius 1 is 1.22 bits per heavy atom. The lowest BCUT2D eigenvalue weighted by Crippen LogP contribution is -2.61. The molecular weight excluding hydrogens is 320 g/mol. The van der Waals surface area contributed by atoms with Crippen molar-refractivity contribution in [3.63, 3.8) is 0 Å². The van der Waals surface area contributed by atoms with E-state index >= 15 is 0 Å². The molecule has 1 fully saturated rings. The first-order valence-electron chi connectivity index (χ1n) is 7.24. The number of aliphatic carboxylic acids is 1. The summed E-state index contributed by atoms with van der Waals surface area (Å²) in [5, 5.41) is 9.11. The molecule has 0 saturated carbocycles. The highest BCUT2D eigenvalue weighted by Gasteiger charge is 2.39. The fraction of sp³-hybridized carbons (Fsp3) is 0.467. The van der Waals surface area contributed by atoms with Crippen LogP contribution in [0.3, 0.4) is 0 Å². The van der Waals surface area contributed by atoms with Crippen molar-refractivity contribution in [2.75, 3.05) is 19.3 Å². The molecule has 0 spiro atoms. The van der Waals surface area contributed by atoms with E-state index in [4.69, 9.17) is 5.11 Å². The number of carboxylic acids is 1. The lowest BCUT2D eigenvalue weighted by Gasteiger charge is -2.44. The van der Waals surface area contributed by atoms with E-state index in [1.54, 1.807) is 37.3 Å². The van der Waals surface area contributed by atoms with Gasteiger partial charge in [-0.1, -0.05) is 18.2 Å². The van der Waals surface area contributed by atoms with Crippen LogP contribution in [0.1, 0.15) is 23.7 Å². The number of piperazine rings is 1. The monoisotopic (exact) mass is 340 g/mol. The molecule has 7 nitrogen and oxygen atoms in total. The van der Waals surface area contributed by atoms with Crippen molar-refractivity contribution in [1.29, 1.82) is 0 Å². The quantitative estimate of drug-likeness (QED) is 0.868. The summed E-state index contributed by atoms with van der Waals surface area (Å²) < 4.78 is 24.8. The molecule has 0 bridgehead atoms. The average Bonchev–Trinajstić information content (AvgIpc) is 2.45. The first kappa shape index (κ1) is 17.4. The highest BCUT2D eigenvalue weighted by atomic mass is 32.2. The third kappa shape index (κ3) is 4.08. The second-order valence-corrected chi connectivity index (χ2v) is 7.74. The lowest BCUT2D eigenvalue weighted by atomic mass is 10.0. The standard InChI is InChI=1S/C15H20N2O5S/c1-11-9-16(23(2,21)22)10-13(8-14(18)19)17(11)15(20)12-6-4-3-5-7-12/h3-7,11,13H,8-10H2,1-2H3,(H,18,19)/t11-,13+/m1/s1. The van der Waals surface area contributed by atoms with Gasteiger partial charge in [0.25, 0.3) is 5.91 Å². The van der Waals surface area contributed by atoms with Crippen LogP contribution in [0.2, 0.25) is 0 Å². The smallest absolute Gasteiger partial charge is 0.305 e. The molecule has 126 valence electrons. The summed E-state index contributed by atoms with van der Waals surface area (Å²) in [5.41, 5.74) is 0.461. The Balaban J connectivity index is 2.32. The van der Waals surface area contributed by atoms with Gasteiger partial charge in [-0.25, -0.2) is 8.42 Å². The van der Waals surface area contributed by atoms with Crippen molar-refractivity contribution < 1.29 is 23.1 Å². The van der Waals surface area contributed by atoms with Crippen molar-refractivity contribution in [1.82, 2.24) is 9.21 Å². The summed E-state index contributed by atoms with van der Waals surface area (Å²) >= 11 is 0. The highest BCUT2D eigenvalue weighted by molar-refractivity contribution is 7.88. The predicted molar refractivity (Wildman–Crippen MR) is 84.5 cm³/mol. The summed E-state index contributed by atoms with van der Waals surface area (Å²) in [5.74, 6) is -1.35. The zero-order chi connectivity index (χ0) is 17.2. The molecule has 8 heteroatoms. The number of amides is 1. The molecule has 0 unspecified atom stereocenters. The average molecular weight is 340 g/mol. The molecule has 0 aliphatic carbocycles. The maximum Gasteiger partial charge on any atom is 0.305 e. The van der Waals surface area contributed by atoms with Crippen molar-refractivity contribution in [2.24, 2.45) is 0 Å². The van der Waals surface area contributed by atoms with Crippen molar-refractivity contribution in [2.45, 2.75) is 25.4 Å². The first-order chi connectivity index (χ1) is 10.7. The van der Waals surface area contributed by atoms with Gasteiger partial charge in [0.1, 0.15) is 0 Å². The first-order valence-corrected chi connectivity index (χ1v) is 9.09. The van der Waals surface area contributed by atoms with E-state index < -0.39 is 28.1 Å². The SMILES string of the molecule is C[C@@H]1CN(S(C)(=O)=O)C[C@H](CC(=O)O)N1C(=O)c1ccccc1. The van der Waals surface area contributed by atoms with Gasteiger partial charge in [0.2, 0.25) is 10.0 Å². The molecule has 23 heavy (non-hydrogen) atoms. The second-order valence-electron chi connectivity index (χ2n) is 5.76. The Hall–Kier alpha value is -1.93. The van der Waals surface area contributed by atoms with Crippen molar-refractivity contribution in [3.8, 4) is 0 Å². The van der Waals surface area contributed by atoms with Crippen LogP contribution in [-0.4, -0.2) is 66.0 Å². The number of hydrogen-bond donors (Lipinski definition) is 1. The number of nitrogens with zero attached hydrogens (tertiary/aromatic N) is 2. The minimum Gasteiger partial charge on any atom is -0.481 e. The fourth-order valence-electron chi connectivity index (χ4n) is 2.87. The Labute approximate surface area is 135 Å². The summed E-state index contributed by atoms with van der Waals surface area (Å²) in [6.45, 7) is 1.88. The molecule has 0 radical (unpaired) electrons. The van der Waals surface area contributed by atoms with E-state index in [0.717, 1.165) is 6.26 Å². The molecule has 1 saturated heterocycles. The van der Waals surface area contributed by atoms with Crippen molar-refractivity contribution >= 4 is 21.9 Å². The molecule has 2 rings (SSSR count). The molecule has 2 atom stereocenters. The summed E-state index contributed by atoms with van der Waals surface area (Å²) in [6, 6.07) is 7.48. The van der Waals surface area contributed by atoms with Gasteiger partial charge in [0, 0.05) is 24.7 Å². The van der Waals surface area contributed by atoms with Gasteiger partial charge in [-0.15, -0.1) is 0 Å². The summed E-state index contributed by atoms with van der Waals surface area (Å²) in [4.78, 5) is 25.3. The Morgan fingerprint density at radius 2 is 1.83 bits per heavy atom. The number of carboxylic acid groups (broad SMARTS) is 1. The van der Waals surface area contributed by atoms with Crippen LogP contribution in [0.25, 0.3) is 0 Å². The second kappa shape index (κ2) is 6.67. The number of benzene rings is 1. The van der Waals surface area contributed by atoms with Crippen molar-refractivity contribution in [3.05, 3.63) is 35.9 Å². The molecule has 1 heterocycles. The van der Waals surface area contributed by atoms with E-state index in [2.05, 4.69) is 0 Å². The van der Waals surface area contributed by atoms with Gasteiger partial charge in [-0.2, -0.15) is 4.31 Å². The van der Waals surface area contributed by atoms with Gasteiger partial charge < -0.3 is 10.0 Å². The zero-order valence-corrected chi connectivity index (χ0v) is 13.9. The highest BCUT2D eigenvalue weighted by Crippen LogP contribution is 2.23. The molecule has 1 aromatic carbocycles. The minimum absolute atomic E-state index is 0.00591. The van der Waals surface area contributed by atoms with E-state index in [1.165, 1.54) is 9.21 Å². The largest absolute Gasteiger partial charge is 0.481 e. The topological polar surface area (TPSA) is 95.0 Å². The number of carbonyl (C=O) groups is 2. The van der Waals surface area contributed by atoms with Gasteiger partial charge in [0.15, 0.2) is 0 Å². The lowest BCUT2D eigenvalue weighted by molar-refractivity contribution is -0.138. The van der Waals surface area contributed by atoms with Crippen LogP contribution in [-0.2, 0) is 14.8 Å². The predicted octanol–water partition coefficient (Wildman–Crippen LogP) is 0.636. The van der Waals surface area contributed by atoms with Gasteiger partial charge >= 0.3 is 5.97 Å². The van der Waals surface area contributed by atoms with Crippen LogP contribution in [0.4, 0.5) is 0 Å². The molecule has 1 aromatic rings. The van der Waals surface area contributed by atoms with Crippen LogP contribution < -0.4 is 0 Å². The van der Waals surface area contributed by atoms with Crippen LogP contribution in [0.15, 0.2) is 30.3 Å². The van der Waals surface area contributed by atoms with Gasteiger partial charge in [0.05, 0.1) is 18.7 Å². The molecular formula is C15H20N2O5S. The molecule has 1 aliphatic rings. The Morgan fingerprint density at radius 3 is 2.35 bits per heavy atom. The fourth-order valence-corrected chi connectivity index (χ4v) is 3.80. The minimum atomic E-state index is -3.44. The van der Waals surface area contributed by atoms with E-state index in [9.17, 15) is 18.0 Å². The van der Waals surface area contributed by atoms with Crippen LogP contribution >= 0.6 is 0 Å². The van der Waals surface area contributed by atoms with Crippen LogP contribution in [0.5, 0.6) is 0 Å². The molecule has 1 aliphatic heterocycles. The number of hydrogen-bond acceptors (Lipinski definition) is 4. The summed E-state index contributed by atoms with van der Waals surface area (Å²) in [7, 11) is -3.44. The maximum atomic E-state index is 12.7. The normalized spacial score (nSPS) is 22.8.